The highest BCUT2D eigenvalue weighted by Gasteiger charge is 2.23. The van der Waals surface area contributed by atoms with Crippen LogP contribution in [0.3, 0.4) is 0 Å². The number of fused-ring (bicyclic) bond motifs is 3. The van der Waals surface area contributed by atoms with Gasteiger partial charge in [-0.25, -0.2) is 4.79 Å². The van der Waals surface area contributed by atoms with Gasteiger partial charge in [-0.15, -0.1) is 0 Å². The Hall–Kier alpha value is -2.95. The minimum absolute atomic E-state index is 0.423. The molecule has 0 atom stereocenters. The molecule has 5 heteroatoms. The Kier molecular flexibility index (Phi) is 3.61. The van der Waals surface area contributed by atoms with Crippen molar-refractivity contribution in [3.8, 4) is 5.75 Å². The lowest BCUT2D eigenvalue weighted by Gasteiger charge is -2.24. The molecule has 1 aliphatic heterocycles. The van der Waals surface area contributed by atoms with Crippen LogP contribution in [-0.2, 0) is 19.6 Å². The molecule has 1 aromatic heterocycles. The van der Waals surface area contributed by atoms with Crippen LogP contribution in [0.25, 0.3) is 10.9 Å². The Morgan fingerprint density at radius 2 is 2.04 bits per heavy atom. The number of hydrogen-bond acceptors (Lipinski definition) is 2. The van der Waals surface area contributed by atoms with Crippen molar-refractivity contribution in [3.05, 3.63) is 65.4 Å². The molecule has 0 saturated heterocycles. The predicted molar refractivity (Wildman–Crippen MR) is 91.2 cm³/mol. The molecule has 0 saturated carbocycles. The summed E-state index contributed by atoms with van der Waals surface area (Å²) in [6.45, 7) is 1.47. The van der Waals surface area contributed by atoms with Crippen LogP contribution in [0.1, 0.15) is 16.8 Å². The van der Waals surface area contributed by atoms with Crippen LogP contribution in [-0.4, -0.2) is 27.6 Å². The van der Waals surface area contributed by atoms with Gasteiger partial charge in [0.15, 0.2) is 0 Å². The summed E-state index contributed by atoms with van der Waals surface area (Å²) in [5.41, 5.74) is 4.33. The maximum Gasteiger partial charge on any atom is 0.407 e. The number of amides is 1. The fourth-order valence-electron chi connectivity index (χ4n) is 3.19. The first-order valence-corrected chi connectivity index (χ1v) is 7.99. The summed E-state index contributed by atoms with van der Waals surface area (Å²) in [5.74, 6) is 0.792. The van der Waals surface area contributed by atoms with Gasteiger partial charge in [0.2, 0.25) is 0 Å². The zero-order valence-electron chi connectivity index (χ0n) is 13.2. The number of H-pyrrole nitrogens is 1. The molecule has 1 aliphatic rings. The van der Waals surface area contributed by atoms with Gasteiger partial charge in [-0.05, 0) is 23.8 Å². The summed E-state index contributed by atoms with van der Waals surface area (Å²) in [6.07, 6.45) is -0.150. The van der Waals surface area contributed by atoms with Crippen LogP contribution in [0.2, 0.25) is 0 Å². The molecular weight excluding hydrogens is 304 g/mol. The van der Waals surface area contributed by atoms with E-state index in [2.05, 4.69) is 4.98 Å². The Bertz CT molecular complexity index is 886. The van der Waals surface area contributed by atoms with E-state index in [1.807, 2.05) is 48.5 Å². The van der Waals surface area contributed by atoms with E-state index >= 15 is 0 Å². The van der Waals surface area contributed by atoms with Gasteiger partial charge in [0.05, 0.1) is 6.54 Å². The average molecular weight is 322 g/mol. The summed E-state index contributed by atoms with van der Waals surface area (Å²) in [6, 6.07) is 16.0. The van der Waals surface area contributed by atoms with Crippen LogP contribution >= 0.6 is 0 Å². The van der Waals surface area contributed by atoms with E-state index in [-0.39, 0.29) is 0 Å². The zero-order valence-corrected chi connectivity index (χ0v) is 13.2. The van der Waals surface area contributed by atoms with Gasteiger partial charge in [-0.2, -0.15) is 0 Å². The molecule has 1 amide bonds. The van der Waals surface area contributed by atoms with Crippen LogP contribution in [0, 0.1) is 0 Å². The second-order valence-electron chi connectivity index (χ2n) is 6.02. The van der Waals surface area contributed by atoms with E-state index in [1.54, 1.807) is 0 Å². The molecule has 2 heterocycles. The number of nitrogens with zero attached hydrogens (tertiary/aromatic N) is 1. The SMILES string of the molecule is O=C(O)N1CCc2[nH]c3ccc(OCc4ccccc4)cc3c2C1. The average Bonchev–Trinajstić information content (AvgIpc) is 2.98. The van der Waals surface area contributed by atoms with Gasteiger partial charge in [-0.1, -0.05) is 30.3 Å². The summed E-state index contributed by atoms with van der Waals surface area (Å²) >= 11 is 0. The first-order valence-electron chi connectivity index (χ1n) is 7.99. The maximum atomic E-state index is 11.2. The summed E-state index contributed by atoms with van der Waals surface area (Å²) < 4.78 is 5.89. The van der Waals surface area contributed by atoms with Gasteiger partial charge in [0, 0.05) is 35.1 Å². The number of benzene rings is 2. The highest BCUT2D eigenvalue weighted by atomic mass is 16.5. The van der Waals surface area contributed by atoms with E-state index in [9.17, 15) is 9.90 Å². The van der Waals surface area contributed by atoms with E-state index in [0.717, 1.165) is 39.9 Å². The Morgan fingerprint density at radius 3 is 2.83 bits per heavy atom. The predicted octanol–water partition coefficient (Wildman–Crippen LogP) is 3.78. The Labute approximate surface area is 139 Å². The number of carboxylic acid groups (broad SMARTS) is 1. The van der Waals surface area contributed by atoms with Crippen molar-refractivity contribution in [2.24, 2.45) is 0 Å². The summed E-state index contributed by atoms with van der Waals surface area (Å²) in [5, 5.41) is 10.3. The van der Waals surface area contributed by atoms with Gasteiger partial charge in [0.25, 0.3) is 0 Å². The van der Waals surface area contributed by atoms with E-state index in [4.69, 9.17) is 4.74 Å². The molecule has 2 N–H and O–H groups in total. The quantitative estimate of drug-likeness (QED) is 0.771. The zero-order chi connectivity index (χ0) is 16.5. The smallest absolute Gasteiger partial charge is 0.407 e. The highest BCUT2D eigenvalue weighted by molar-refractivity contribution is 5.86. The van der Waals surface area contributed by atoms with Crippen molar-refractivity contribution in [1.29, 1.82) is 0 Å². The van der Waals surface area contributed by atoms with Crippen molar-refractivity contribution in [2.75, 3.05) is 6.54 Å². The van der Waals surface area contributed by atoms with Gasteiger partial charge in [-0.3, -0.25) is 0 Å². The lowest BCUT2D eigenvalue weighted by Crippen LogP contribution is -2.34. The first-order chi connectivity index (χ1) is 11.7. The van der Waals surface area contributed by atoms with Crippen molar-refractivity contribution >= 4 is 17.0 Å². The van der Waals surface area contributed by atoms with Crippen molar-refractivity contribution in [3.63, 3.8) is 0 Å². The molecular formula is C19H18N2O3. The lowest BCUT2D eigenvalue weighted by molar-refractivity contribution is 0.140. The normalized spacial score (nSPS) is 13.8. The number of aromatic amines is 1. The number of nitrogens with one attached hydrogen (secondary N) is 1. The maximum absolute atomic E-state index is 11.2. The Balaban J connectivity index is 1.61. The number of hydrogen-bond donors (Lipinski definition) is 2. The number of aromatic nitrogens is 1. The van der Waals surface area contributed by atoms with Crippen LogP contribution in [0.15, 0.2) is 48.5 Å². The van der Waals surface area contributed by atoms with Crippen LogP contribution in [0.5, 0.6) is 5.75 Å². The fourth-order valence-corrected chi connectivity index (χ4v) is 3.19. The second-order valence-corrected chi connectivity index (χ2v) is 6.02. The highest BCUT2D eigenvalue weighted by Crippen LogP contribution is 2.30. The molecule has 0 unspecified atom stereocenters. The third kappa shape index (κ3) is 2.69. The third-order valence-corrected chi connectivity index (χ3v) is 4.47. The summed E-state index contributed by atoms with van der Waals surface area (Å²) in [4.78, 5) is 16.1. The molecule has 122 valence electrons. The van der Waals surface area contributed by atoms with E-state index < -0.39 is 6.09 Å². The van der Waals surface area contributed by atoms with Gasteiger partial charge in [0.1, 0.15) is 12.4 Å². The monoisotopic (exact) mass is 322 g/mol. The van der Waals surface area contributed by atoms with Crippen molar-refractivity contribution < 1.29 is 14.6 Å². The third-order valence-electron chi connectivity index (χ3n) is 4.47. The first kappa shape index (κ1) is 14.6. The molecule has 3 aromatic rings. The topological polar surface area (TPSA) is 65.6 Å². The standard InChI is InChI=1S/C19H18N2O3/c22-19(23)21-9-8-18-16(11-21)15-10-14(6-7-17(15)20-18)24-12-13-4-2-1-3-5-13/h1-7,10,20H,8-9,11-12H2,(H,22,23). The fraction of sp³-hybridized carbons (Fsp3) is 0.211. The number of carbonyl (C=O) groups is 1. The molecule has 0 fully saturated rings. The van der Waals surface area contributed by atoms with Gasteiger partial charge >= 0.3 is 6.09 Å². The molecule has 0 radical (unpaired) electrons. The minimum atomic E-state index is -0.869. The molecule has 4 rings (SSSR count). The van der Waals surface area contributed by atoms with Crippen molar-refractivity contribution in [1.82, 2.24) is 9.88 Å². The van der Waals surface area contributed by atoms with Crippen LogP contribution in [0.4, 0.5) is 4.79 Å². The van der Waals surface area contributed by atoms with E-state index in [0.29, 0.717) is 19.7 Å². The Morgan fingerprint density at radius 1 is 1.21 bits per heavy atom. The molecule has 24 heavy (non-hydrogen) atoms. The van der Waals surface area contributed by atoms with Gasteiger partial charge < -0.3 is 19.7 Å². The van der Waals surface area contributed by atoms with E-state index in [1.165, 1.54) is 4.90 Å². The molecule has 2 aromatic carbocycles. The second kappa shape index (κ2) is 5.92. The largest absolute Gasteiger partial charge is 0.489 e. The van der Waals surface area contributed by atoms with Crippen LogP contribution < -0.4 is 4.74 Å². The number of rotatable bonds is 3. The number of ether oxygens (including phenoxy) is 1. The molecule has 0 spiro atoms. The lowest BCUT2D eigenvalue weighted by atomic mass is 10.0. The molecule has 0 bridgehead atoms. The van der Waals surface area contributed by atoms with Crippen molar-refractivity contribution in [2.45, 2.75) is 19.6 Å². The minimum Gasteiger partial charge on any atom is -0.489 e. The molecule has 5 nitrogen and oxygen atoms in total. The summed E-state index contributed by atoms with van der Waals surface area (Å²) in [7, 11) is 0. The molecule has 0 aliphatic carbocycles.